The zero-order valence-electron chi connectivity index (χ0n) is 11.0. The SMILES string of the molecule is O=[N+]([O-])c1ccc2ncnc(NCCc3ccsc3)c2c1. The molecule has 3 aromatic rings. The molecule has 1 aromatic carbocycles. The van der Waals surface area contributed by atoms with E-state index in [2.05, 4.69) is 26.7 Å². The van der Waals surface area contributed by atoms with Gasteiger partial charge in [-0.15, -0.1) is 0 Å². The quantitative estimate of drug-likeness (QED) is 0.578. The Kier molecular flexibility index (Phi) is 3.74. The summed E-state index contributed by atoms with van der Waals surface area (Å²) in [5.41, 5.74) is 1.99. The van der Waals surface area contributed by atoms with E-state index in [9.17, 15) is 10.1 Å². The first-order valence-corrected chi connectivity index (χ1v) is 7.32. The maximum Gasteiger partial charge on any atom is 0.270 e. The van der Waals surface area contributed by atoms with Crippen LogP contribution in [0, 0.1) is 10.1 Å². The van der Waals surface area contributed by atoms with Gasteiger partial charge in [-0.1, -0.05) is 0 Å². The van der Waals surface area contributed by atoms with Crippen molar-refractivity contribution in [2.45, 2.75) is 6.42 Å². The number of anilines is 1. The molecule has 1 N–H and O–H groups in total. The fraction of sp³-hybridized carbons (Fsp3) is 0.143. The lowest BCUT2D eigenvalue weighted by atomic mass is 10.2. The summed E-state index contributed by atoms with van der Waals surface area (Å²) in [6, 6.07) is 6.67. The van der Waals surface area contributed by atoms with E-state index in [-0.39, 0.29) is 5.69 Å². The molecular weight excluding hydrogens is 288 g/mol. The van der Waals surface area contributed by atoms with Crippen LogP contribution < -0.4 is 5.32 Å². The summed E-state index contributed by atoms with van der Waals surface area (Å²) in [7, 11) is 0. The van der Waals surface area contributed by atoms with Gasteiger partial charge < -0.3 is 5.32 Å². The van der Waals surface area contributed by atoms with Gasteiger partial charge in [0.05, 0.1) is 10.4 Å². The number of nitrogens with one attached hydrogen (secondary N) is 1. The van der Waals surface area contributed by atoms with Gasteiger partial charge >= 0.3 is 0 Å². The Bertz CT molecular complexity index is 774. The summed E-state index contributed by atoms with van der Waals surface area (Å²) < 4.78 is 0. The Labute approximate surface area is 124 Å². The first-order chi connectivity index (χ1) is 10.2. The highest BCUT2D eigenvalue weighted by atomic mass is 32.1. The van der Waals surface area contributed by atoms with Gasteiger partial charge in [0.25, 0.3) is 5.69 Å². The molecule has 0 saturated heterocycles. The third-order valence-electron chi connectivity index (χ3n) is 3.12. The molecule has 0 fully saturated rings. The van der Waals surface area contributed by atoms with Crippen molar-refractivity contribution >= 4 is 33.7 Å². The lowest BCUT2D eigenvalue weighted by Crippen LogP contribution is -2.06. The van der Waals surface area contributed by atoms with Gasteiger partial charge in [-0.05, 0) is 34.9 Å². The summed E-state index contributed by atoms with van der Waals surface area (Å²) in [6.07, 6.45) is 2.34. The van der Waals surface area contributed by atoms with E-state index >= 15 is 0 Å². The summed E-state index contributed by atoms with van der Waals surface area (Å²) >= 11 is 1.67. The highest BCUT2D eigenvalue weighted by Gasteiger charge is 2.10. The molecule has 2 heterocycles. The van der Waals surface area contributed by atoms with Crippen molar-refractivity contribution < 1.29 is 4.92 Å². The van der Waals surface area contributed by atoms with Gasteiger partial charge in [-0.2, -0.15) is 11.3 Å². The van der Waals surface area contributed by atoms with Crippen LogP contribution in [0.5, 0.6) is 0 Å². The molecule has 6 nitrogen and oxygen atoms in total. The van der Waals surface area contributed by atoms with Crippen LogP contribution in [0.25, 0.3) is 10.9 Å². The van der Waals surface area contributed by atoms with Gasteiger partial charge in [0.1, 0.15) is 12.1 Å². The van der Waals surface area contributed by atoms with E-state index in [4.69, 9.17) is 0 Å². The molecular formula is C14H12N4O2S. The smallest absolute Gasteiger partial charge is 0.270 e. The van der Waals surface area contributed by atoms with E-state index in [1.807, 2.05) is 5.38 Å². The fourth-order valence-electron chi connectivity index (χ4n) is 2.06. The average Bonchev–Trinajstić information content (AvgIpc) is 3.00. The van der Waals surface area contributed by atoms with Crippen LogP contribution in [-0.2, 0) is 6.42 Å². The van der Waals surface area contributed by atoms with Gasteiger partial charge in [0.2, 0.25) is 0 Å². The van der Waals surface area contributed by atoms with E-state index in [0.29, 0.717) is 23.3 Å². The second-order valence-electron chi connectivity index (χ2n) is 4.49. The summed E-state index contributed by atoms with van der Waals surface area (Å²) in [6.45, 7) is 0.714. The number of fused-ring (bicyclic) bond motifs is 1. The van der Waals surface area contributed by atoms with Crippen LogP contribution in [0.2, 0.25) is 0 Å². The highest BCUT2D eigenvalue weighted by molar-refractivity contribution is 7.07. The number of hydrogen-bond donors (Lipinski definition) is 1. The number of nitro groups is 1. The number of nitrogens with zero attached hydrogens (tertiary/aromatic N) is 3. The maximum atomic E-state index is 10.9. The summed E-state index contributed by atoms with van der Waals surface area (Å²) in [5.74, 6) is 0.624. The molecule has 0 amide bonds. The zero-order chi connectivity index (χ0) is 14.7. The van der Waals surface area contributed by atoms with Gasteiger partial charge in [0.15, 0.2) is 0 Å². The van der Waals surface area contributed by atoms with Crippen molar-refractivity contribution in [3.05, 3.63) is 57.0 Å². The molecule has 106 valence electrons. The number of rotatable bonds is 5. The predicted molar refractivity (Wildman–Crippen MR) is 82.7 cm³/mol. The van der Waals surface area contributed by atoms with Crippen LogP contribution in [0.4, 0.5) is 11.5 Å². The summed E-state index contributed by atoms with van der Waals surface area (Å²) in [4.78, 5) is 18.8. The molecule has 0 aliphatic carbocycles. The van der Waals surface area contributed by atoms with Crippen molar-refractivity contribution in [3.63, 3.8) is 0 Å². The highest BCUT2D eigenvalue weighted by Crippen LogP contribution is 2.24. The van der Waals surface area contributed by atoms with Gasteiger partial charge in [-0.25, -0.2) is 9.97 Å². The Balaban J connectivity index is 1.83. The minimum absolute atomic E-state index is 0.0400. The van der Waals surface area contributed by atoms with E-state index < -0.39 is 4.92 Å². The molecule has 0 bridgehead atoms. The summed E-state index contributed by atoms with van der Waals surface area (Å²) in [5, 5.41) is 18.9. The lowest BCUT2D eigenvalue weighted by Gasteiger charge is -2.07. The molecule has 0 spiro atoms. The number of hydrogen-bond acceptors (Lipinski definition) is 6. The lowest BCUT2D eigenvalue weighted by molar-refractivity contribution is -0.384. The minimum Gasteiger partial charge on any atom is -0.369 e. The predicted octanol–water partition coefficient (Wildman–Crippen LogP) is 3.25. The van der Waals surface area contributed by atoms with Crippen molar-refractivity contribution in [3.8, 4) is 0 Å². The van der Waals surface area contributed by atoms with Crippen molar-refractivity contribution in [2.24, 2.45) is 0 Å². The molecule has 0 aliphatic rings. The van der Waals surface area contributed by atoms with Gasteiger partial charge in [0, 0.05) is 24.1 Å². The molecule has 0 saturated carbocycles. The zero-order valence-corrected chi connectivity index (χ0v) is 11.8. The van der Waals surface area contributed by atoms with Crippen LogP contribution in [0.15, 0.2) is 41.4 Å². The van der Waals surface area contributed by atoms with Crippen LogP contribution in [0.3, 0.4) is 0 Å². The molecule has 0 radical (unpaired) electrons. The van der Waals surface area contributed by atoms with Crippen LogP contribution in [-0.4, -0.2) is 21.4 Å². The first-order valence-electron chi connectivity index (χ1n) is 6.38. The Morgan fingerprint density at radius 1 is 1.29 bits per heavy atom. The van der Waals surface area contributed by atoms with Crippen molar-refractivity contribution in [1.82, 2.24) is 9.97 Å². The Morgan fingerprint density at radius 2 is 2.19 bits per heavy atom. The van der Waals surface area contributed by atoms with Crippen molar-refractivity contribution in [2.75, 3.05) is 11.9 Å². The van der Waals surface area contributed by atoms with Crippen molar-refractivity contribution in [1.29, 1.82) is 0 Å². The second kappa shape index (κ2) is 5.84. The Morgan fingerprint density at radius 3 is 2.95 bits per heavy atom. The van der Waals surface area contributed by atoms with E-state index in [1.165, 1.54) is 24.0 Å². The number of aromatic nitrogens is 2. The number of thiophene rings is 1. The molecule has 21 heavy (non-hydrogen) atoms. The maximum absolute atomic E-state index is 10.9. The number of non-ortho nitro benzene ring substituents is 1. The third kappa shape index (κ3) is 2.97. The topological polar surface area (TPSA) is 81.0 Å². The third-order valence-corrected chi connectivity index (χ3v) is 3.85. The fourth-order valence-corrected chi connectivity index (χ4v) is 2.76. The first kappa shape index (κ1) is 13.4. The van der Waals surface area contributed by atoms with E-state index in [0.717, 1.165) is 6.42 Å². The van der Waals surface area contributed by atoms with Gasteiger partial charge in [-0.3, -0.25) is 10.1 Å². The largest absolute Gasteiger partial charge is 0.369 e. The monoisotopic (exact) mass is 300 g/mol. The van der Waals surface area contributed by atoms with Crippen LogP contribution in [0.1, 0.15) is 5.56 Å². The Hall–Kier alpha value is -2.54. The molecule has 0 aliphatic heterocycles. The number of nitro benzene ring substituents is 1. The molecule has 0 unspecified atom stereocenters. The molecule has 2 aromatic heterocycles. The molecule has 0 atom stereocenters. The normalized spacial score (nSPS) is 10.7. The van der Waals surface area contributed by atoms with E-state index in [1.54, 1.807) is 17.4 Å². The molecule has 7 heteroatoms. The minimum atomic E-state index is -0.415. The average molecular weight is 300 g/mol. The second-order valence-corrected chi connectivity index (χ2v) is 5.27. The number of benzene rings is 1. The standard InChI is InChI=1S/C14H12N4O2S/c19-18(20)11-1-2-13-12(7-11)14(17-9-16-13)15-5-3-10-4-6-21-8-10/h1-2,4,6-9H,3,5H2,(H,15,16,17). The van der Waals surface area contributed by atoms with Crippen LogP contribution >= 0.6 is 11.3 Å². The molecule has 3 rings (SSSR count).